The zero-order valence-electron chi connectivity index (χ0n) is 19.5. The molecule has 0 spiro atoms. The molecule has 0 atom stereocenters. The van der Waals surface area contributed by atoms with E-state index in [0.717, 1.165) is 31.7 Å². The minimum atomic E-state index is -0.677. The summed E-state index contributed by atoms with van der Waals surface area (Å²) in [5, 5.41) is 27.3. The predicted molar refractivity (Wildman–Crippen MR) is 129 cm³/mol. The van der Waals surface area contributed by atoms with Crippen molar-refractivity contribution in [2.45, 2.75) is 57.8 Å². The first-order chi connectivity index (χ1) is 16.5. The molecule has 1 amide bonds. The summed E-state index contributed by atoms with van der Waals surface area (Å²) in [6.45, 7) is 0.623. The molecule has 1 fully saturated rings. The summed E-state index contributed by atoms with van der Waals surface area (Å²) in [5.74, 6) is -0.931. The molecule has 184 valence electrons. The maximum Gasteiger partial charge on any atom is 0.342 e. The van der Waals surface area contributed by atoms with Gasteiger partial charge < -0.3 is 25.1 Å². The first kappa shape index (κ1) is 25.3. The average Bonchev–Trinajstić information content (AvgIpc) is 2.81. The number of phenols is 2. The van der Waals surface area contributed by atoms with Crippen molar-refractivity contribution in [3.63, 3.8) is 0 Å². The number of nitrogens with zero attached hydrogens (tertiary/aromatic N) is 1. The molecule has 0 radical (unpaired) electrons. The highest BCUT2D eigenvalue weighted by Crippen LogP contribution is 2.29. The Kier molecular flexibility index (Phi) is 10.0. The molecule has 3 rings (SSSR count). The lowest BCUT2D eigenvalue weighted by Gasteiger charge is -2.21. The van der Waals surface area contributed by atoms with Crippen LogP contribution in [0.25, 0.3) is 0 Å². The second-order valence-electron chi connectivity index (χ2n) is 8.72. The molecule has 0 aromatic heterocycles. The molecule has 8 heteroatoms. The first-order valence-corrected chi connectivity index (χ1v) is 12.0. The minimum absolute atomic E-state index is 0.0230. The largest absolute Gasteiger partial charge is 0.508 e. The van der Waals surface area contributed by atoms with Crippen LogP contribution in [-0.4, -0.2) is 47.6 Å². The number of nitrogens with one attached hydrogen (secondary N) is 1. The van der Waals surface area contributed by atoms with Crippen molar-refractivity contribution in [2.24, 2.45) is 11.1 Å². The lowest BCUT2D eigenvalue weighted by atomic mass is 9.89. The summed E-state index contributed by atoms with van der Waals surface area (Å²) in [7, 11) is 0. The van der Waals surface area contributed by atoms with Crippen molar-refractivity contribution >= 4 is 17.6 Å². The van der Waals surface area contributed by atoms with Crippen LogP contribution in [0.5, 0.6) is 11.5 Å². The van der Waals surface area contributed by atoms with Crippen LogP contribution >= 0.6 is 0 Å². The second-order valence-corrected chi connectivity index (χ2v) is 8.72. The quantitative estimate of drug-likeness (QED) is 0.338. The van der Waals surface area contributed by atoms with Gasteiger partial charge in [-0.05, 0) is 55.7 Å². The number of benzene rings is 1. The van der Waals surface area contributed by atoms with Gasteiger partial charge in [0.1, 0.15) is 17.1 Å². The first-order valence-electron chi connectivity index (χ1n) is 12.0. The van der Waals surface area contributed by atoms with Crippen LogP contribution in [0.4, 0.5) is 0 Å². The van der Waals surface area contributed by atoms with E-state index in [-0.39, 0.29) is 42.6 Å². The second kappa shape index (κ2) is 13.4. The monoisotopic (exact) mass is 470 g/mol. The number of esters is 1. The standard InChI is InChI=1S/C26H34N2O6/c29-22-15-20-14-21(28-34-18-24(31)27-17-19-10-6-5-7-11-19)12-8-3-1-2-4-9-13-33-26(32)25(20)23(30)16-22/h2,4,8,12,15-16,19,29-30H,1,3,5-7,9-11,13-14,17-18H2,(H,27,31)/b4-2+,12-8+,28-21+. The van der Waals surface area contributed by atoms with Crippen LogP contribution in [0.15, 0.2) is 41.6 Å². The number of carbonyl (C=O) groups excluding carboxylic acids is 2. The lowest BCUT2D eigenvalue weighted by molar-refractivity contribution is -0.125. The van der Waals surface area contributed by atoms with Crippen molar-refractivity contribution in [3.8, 4) is 11.5 Å². The Hall–Kier alpha value is -3.29. The summed E-state index contributed by atoms with van der Waals surface area (Å²) in [5.41, 5.74) is 0.772. The van der Waals surface area contributed by atoms with E-state index in [1.54, 1.807) is 6.08 Å². The van der Waals surface area contributed by atoms with Crippen LogP contribution in [-0.2, 0) is 20.8 Å². The number of carbonyl (C=O) groups is 2. The van der Waals surface area contributed by atoms with Crippen molar-refractivity contribution < 1.29 is 29.4 Å². The van der Waals surface area contributed by atoms with Gasteiger partial charge >= 0.3 is 5.97 Å². The average molecular weight is 471 g/mol. The molecule has 8 nitrogen and oxygen atoms in total. The topological polar surface area (TPSA) is 117 Å². The van der Waals surface area contributed by atoms with E-state index in [2.05, 4.69) is 10.5 Å². The Morgan fingerprint density at radius 1 is 1.09 bits per heavy atom. The third-order valence-electron chi connectivity index (χ3n) is 5.94. The van der Waals surface area contributed by atoms with Crippen LogP contribution in [0.3, 0.4) is 0 Å². The number of ether oxygens (including phenoxy) is 1. The SMILES string of the molecule is O=C(CO/N=C1\C=C\CC/C=C/CCOC(=O)c2c(O)cc(O)cc2C1)NCC1CCCCC1. The number of amides is 1. The molecule has 1 aromatic carbocycles. The van der Waals surface area contributed by atoms with Crippen LogP contribution in [0, 0.1) is 5.92 Å². The van der Waals surface area contributed by atoms with Gasteiger partial charge in [-0.1, -0.05) is 42.6 Å². The van der Waals surface area contributed by atoms with Crippen LogP contribution in [0.1, 0.15) is 67.3 Å². The lowest BCUT2D eigenvalue weighted by Crippen LogP contribution is -2.32. The van der Waals surface area contributed by atoms with E-state index < -0.39 is 5.97 Å². The van der Waals surface area contributed by atoms with Crippen molar-refractivity contribution in [1.82, 2.24) is 5.32 Å². The minimum Gasteiger partial charge on any atom is -0.508 e. The Balaban J connectivity index is 1.70. The fourth-order valence-corrected chi connectivity index (χ4v) is 4.17. The fraction of sp³-hybridized carbons (Fsp3) is 0.500. The zero-order chi connectivity index (χ0) is 24.2. The molecular weight excluding hydrogens is 436 g/mol. The molecule has 1 aliphatic carbocycles. The smallest absolute Gasteiger partial charge is 0.342 e. The van der Waals surface area contributed by atoms with E-state index in [1.165, 1.54) is 25.3 Å². The molecule has 1 aliphatic heterocycles. The van der Waals surface area contributed by atoms with Gasteiger partial charge in [0.05, 0.1) is 12.3 Å². The van der Waals surface area contributed by atoms with Gasteiger partial charge in [0, 0.05) is 19.0 Å². The predicted octanol–water partition coefficient (Wildman–Crippen LogP) is 4.16. The van der Waals surface area contributed by atoms with Gasteiger partial charge in [-0.25, -0.2) is 4.79 Å². The molecule has 3 N–H and O–H groups in total. The Labute approximate surface area is 200 Å². The van der Waals surface area contributed by atoms with E-state index in [1.807, 2.05) is 18.2 Å². The number of cyclic esters (lactones) is 1. The summed E-state index contributed by atoms with van der Waals surface area (Å²) < 4.78 is 5.28. The Morgan fingerprint density at radius 3 is 2.68 bits per heavy atom. The number of phenolic OH excluding ortho intramolecular Hbond substituents is 2. The Morgan fingerprint density at radius 2 is 1.85 bits per heavy atom. The molecule has 1 heterocycles. The van der Waals surface area contributed by atoms with E-state index in [4.69, 9.17) is 9.57 Å². The van der Waals surface area contributed by atoms with Gasteiger partial charge in [0.15, 0.2) is 6.61 Å². The maximum absolute atomic E-state index is 12.6. The van der Waals surface area contributed by atoms with Crippen molar-refractivity contribution in [1.29, 1.82) is 0 Å². The highest BCUT2D eigenvalue weighted by Gasteiger charge is 2.21. The molecule has 0 saturated heterocycles. The molecule has 34 heavy (non-hydrogen) atoms. The van der Waals surface area contributed by atoms with E-state index in [0.29, 0.717) is 30.2 Å². The van der Waals surface area contributed by atoms with Crippen LogP contribution in [0.2, 0.25) is 0 Å². The molecule has 0 unspecified atom stereocenters. The van der Waals surface area contributed by atoms with Crippen LogP contribution < -0.4 is 5.32 Å². The number of hydrogen-bond donors (Lipinski definition) is 3. The normalized spacial score (nSPS) is 21.1. The summed E-state index contributed by atoms with van der Waals surface area (Å²) >= 11 is 0. The third kappa shape index (κ3) is 8.24. The highest BCUT2D eigenvalue weighted by atomic mass is 16.6. The number of fused-ring (bicyclic) bond motifs is 1. The van der Waals surface area contributed by atoms with Gasteiger partial charge in [-0.15, -0.1) is 0 Å². The number of oxime groups is 1. The van der Waals surface area contributed by atoms with Crippen molar-refractivity contribution in [3.05, 3.63) is 47.6 Å². The maximum atomic E-state index is 12.6. The van der Waals surface area contributed by atoms with Crippen molar-refractivity contribution in [2.75, 3.05) is 19.8 Å². The summed E-state index contributed by atoms with van der Waals surface area (Å²) in [6, 6.07) is 2.49. The molecule has 2 aliphatic rings. The highest BCUT2D eigenvalue weighted by molar-refractivity contribution is 6.00. The summed E-state index contributed by atoms with van der Waals surface area (Å²) in [4.78, 5) is 30.1. The molecular formula is C26H34N2O6. The molecule has 1 saturated carbocycles. The van der Waals surface area contributed by atoms with Gasteiger partial charge in [0.2, 0.25) is 0 Å². The molecule has 1 aromatic rings. The fourth-order valence-electron chi connectivity index (χ4n) is 4.17. The Bertz CT molecular complexity index is 931. The zero-order valence-corrected chi connectivity index (χ0v) is 19.5. The number of hydrogen-bond acceptors (Lipinski definition) is 7. The molecule has 0 bridgehead atoms. The van der Waals surface area contributed by atoms with Gasteiger partial charge in [-0.2, -0.15) is 0 Å². The summed E-state index contributed by atoms with van der Waals surface area (Å²) in [6.07, 6.45) is 15.9. The van der Waals surface area contributed by atoms with Gasteiger partial charge in [-0.3, -0.25) is 4.79 Å². The third-order valence-corrected chi connectivity index (χ3v) is 5.94. The number of rotatable bonds is 5. The number of allylic oxidation sites excluding steroid dienone is 3. The van der Waals surface area contributed by atoms with Gasteiger partial charge in [0.25, 0.3) is 5.91 Å². The van der Waals surface area contributed by atoms with E-state index in [9.17, 15) is 19.8 Å². The number of aromatic hydroxyl groups is 2. The van der Waals surface area contributed by atoms with E-state index >= 15 is 0 Å².